The fraction of sp³-hybridized carbons (Fsp3) is 0.381. The summed E-state index contributed by atoms with van der Waals surface area (Å²) in [7, 11) is 1.32. The summed E-state index contributed by atoms with van der Waals surface area (Å²) in [6.45, 7) is 5.98. The molecule has 1 aliphatic heterocycles. The van der Waals surface area contributed by atoms with Crippen molar-refractivity contribution in [2.75, 3.05) is 39.8 Å². The van der Waals surface area contributed by atoms with Gasteiger partial charge in [0.25, 0.3) is 5.91 Å². The van der Waals surface area contributed by atoms with Crippen LogP contribution in [-0.4, -0.2) is 72.3 Å². The molecule has 0 atom stereocenters. The first-order valence-electron chi connectivity index (χ1n) is 9.39. The van der Waals surface area contributed by atoms with Crippen LogP contribution in [0.3, 0.4) is 0 Å². The van der Waals surface area contributed by atoms with Crippen LogP contribution < -0.4 is 0 Å². The molecule has 1 aromatic heterocycles. The largest absolute Gasteiger partial charge is 0.465 e. The zero-order valence-corrected chi connectivity index (χ0v) is 17.5. The molecule has 1 saturated heterocycles. The Morgan fingerprint density at radius 3 is 2.45 bits per heavy atom. The minimum Gasteiger partial charge on any atom is -0.465 e. The van der Waals surface area contributed by atoms with E-state index in [4.69, 9.17) is 16.3 Å². The van der Waals surface area contributed by atoms with E-state index in [1.807, 2.05) is 4.90 Å². The van der Waals surface area contributed by atoms with Gasteiger partial charge >= 0.3 is 5.97 Å². The Bertz CT molecular complexity index is 945. The van der Waals surface area contributed by atoms with Crippen LogP contribution >= 0.6 is 11.6 Å². The van der Waals surface area contributed by atoms with Crippen molar-refractivity contribution >= 4 is 29.3 Å². The summed E-state index contributed by atoms with van der Waals surface area (Å²) in [6, 6.07) is 6.90. The van der Waals surface area contributed by atoms with Gasteiger partial charge in [-0.15, -0.1) is 0 Å². The Morgan fingerprint density at radius 2 is 1.83 bits per heavy atom. The Hall–Kier alpha value is -2.64. The number of H-pyrrole nitrogens is 1. The minimum atomic E-state index is -0.455. The summed E-state index contributed by atoms with van der Waals surface area (Å²) in [5, 5.41) is 0.531. The molecule has 154 valence electrons. The molecule has 1 aliphatic rings. The second kappa shape index (κ2) is 8.80. The highest BCUT2D eigenvalue weighted by molar-refractivity contribution is 6.30. The van der Waals surface area contributed by atoms with Gasteiger partial charge in [0.1, 0.15) is 0 Å². The van der Waals surface area contributed by atoms with Gasteiger partial charge in [0.15, 0.2) is 5.78 Å². The predicted octanol–water partition coefficient (Wildman–Crippen LogP) is 2.71. The van der Waals surface area contributed by atoms with E-state index in [0.29, 0.717) is 59.3 Å². The molecule has 7 nitrogen and oxygen atoms in total. The number of benzene rings is 1. The van der Waals surface area contributed by atoms with Gasteiger partial charge in [0.05, 0.1) is 24.9 Å². The summed E-state index contributed by atoms with van der Waals surface area (Å²) in [5.41, 5.74) is 2.63. The number of ketones is 1. The molecule has 3 rings (SSSR count). The maximum atomic E-state index is 12.8. The molecule has 1 aromatic carbocycles. The summed E-state index contributed by atoms with van der Waals surface area (Å²) < 4.78 is 4.79. The maximum absolute atomic E-state index is 12.8. The van der Waals surface area contributed by atoms with Crippen LogP contribution in [0.5, 0.6) is 0 Å². The van der Waals surface area contributed by atoms with Crippen molar-refractivity contribution < 1.29 is 19.1 Å². The smallest absolute Gasteiger partial charge is 0.339 e. The van der Waals surface area contributed by atoms with Crippen LogP contribution in [0, 0.1) is 13.8 Å². The van der Waals surface area contributed by atoms with Crippen LogP contribution in [0.1, 0.15) is 42.5 Å². The third-order valence-electron chi connectivity index (χ3n) is 5.20. The number of nitrogens with one attached hydrogen (secondary N) is 1. The Balaban J connectivity index is 1.60. The van der Waals surface area contributed by atoms with Crippen molar-refractivity contribution in [3.8, 4) is 0 Å². The summed E-state index contributed by atoms with van der Waals surface area (Å²) in [4.78, 5) is 44.1. The second-order valence-electron chi connectivity index (χ2n) is 7.12. The van der Waals surface area contributed by atoms with E-state index < -0.39 is 5.97 Å². The SMILES string of the molecule is COC(=O)c1c(C)[nH]c(C(=O)CN2CCN(C(=O)c3cccc(Cl)c3)CC2)c1C. The summed E-state index contributed by atoms with van der Waals surface area (Å²) in [5.74, 6) is -0.601. The lowest BCUT2D eigenvalue weighted by Crippen LogP contribution is -2.50. The number of rotatable bonds is 5. The van der Waals surface area contributed by atoms with E-state index in [1.165, 1.54) is 7.11 Å². The molecule has 8 heteroatoms. The van der Waals surface area contributed by atoms with Crippen LogP contribution in [0.25, 0.3) is 0 Å². The Labute approximate surface area is 174 Å². The van der Waals surface area contributed by atoms with Gasteiger partial charge in [0, 0.05) is 42.5 Å². The number of nitrogens with zero attached hydrogens (tertiary/aromatic N) is 2. The molecule has 2 heterocycles. The number of aryl methyl sites for hydroxylation is 1. The standard InChI is InChI=1S/C21H24ClN3O4/c1-13-18(21(28)29-3)14(2)23-19(13)17(26)12-24-7-9-25(10-8-24)20(27)15-5-4-6-16(22)11-15/h4-6,11,23H,7-10,12H2,1-3H3. The molecular weight excluding hydrogens is 394 g/mol. The molecule has 1 amide bonds. The fourth-order valence-corrected chi connectivity index (χ4v) is 3.82. The average Bonchev–Trinajstić information content (AvgIpc) is 3.01. The zero-order valence-electron chi connectivity index (χ0n) is 16.8. The molecular formula is C21H24ClN3O4. The number of piperazine rings is 1. The predicted molar refractivity (Wildman–Crippen MR) is 110 cm³/mol. The first-order chi connectivity index (χ1) is 13.8. The van der Waals surface area contributed by atoms with E-state index in [0.717, 1.165) is 0 Å². The first-order valence-corrected chi connectivity index (χ1v) is 9.77. The highest BCUT2D eigenvalue weighted by atomic mass is 35.5. The van der Waals surface area contributed by atoms with Crippen LogP contribution in [0.15, 0.2) is 24.3 Å². The first kappa shape index (κ1) is 21.1. The molecule has 0 unspecified atom stereocenters. The summed E-state index contributed by atoms with van der Waals surface area (Å²) >= 11 is 5.97. The number of methoxy groups -OCH3 is 1. The lowest BCUT2D eigenvalue weighted by Gasteiger charge is -2.34. The number of esters is 1. The van der Waals surface area contributed by atoms with Crippen molar-refractivity contribution in [1.29, 1.82) is 0 Å². The maximum Gasteiger partial charge on any atom is 0.339 e. The van der Waals surface area contributed by atoms with Gasteiger partial charge in [-0.25, -0.2) is 4.79 Å². The Morgan fingerprint density at radius 1 is 1.14 bits per heavy atom. The number of amides is 1. The molecule has 0 bridgehead atoms. The quantitative estimate of drug-likeness (QED) is 0.597. The molecule has 0 radical (unpaired) electrons. The molecule has 0 aliphatic carbocycles. The lowest BCUT2D eigenvalue weighted by atomic mass is 10.1. The minimum absolute atomic E-state index is 0.0583. The second-order valence-corrected chi connectivity index (χ2v) is 7.55. The van der Waals surface area contributed by atoms with Gasteiger partial charge < -0.3 is 14.6 Å². The summed E-state index contributed by atoms with van der Waals surface area (Å²) in [6.07, 6.45) is 0. The number of carbonyl (C=O) groups excluding carboxylic acids is 3. The van der Waals surface area contributed by atoms with E-state index in [1.54, 1.807) is 43.0 Å². The number of Topliss-reactive ketones (excluding diaryl/α,β-unsaturated/α-hetero) is 1. The highest BCUT2D eigenvalue weighted by Gasteiger charge is 2.26. The molecule has 1 N–H and O–H groups in total. The van der Waals surface area contributed by atoms with E-state index in [9.17, 15) is 14.4 Å². The fourth-order valence-electron chi connectivity index (χ4n) is 3.63. The third kappa shape index (κ3) is 4.52. The van der Waals surface area contributed by atoms with Gasteiger partial charge in [-0.05, 0) is 37.6 Å². The van der Waals surface area contributed by atoms with Crippen molar-refractivity contribution in [2.24, 2.45) is 0 Å². The van der Waals surface area contributed by atoms with Gasteiger partial charge in [-0.2, -0.15) is 0 Å². The van der Waals surface area contributed by atoms with E-state index >= 15 is 0 Å². The molecule has 0 saturated carbocycles. The lowest BCUT2D eigenvalue weighted by molar-refractivity contribution is 0.0597. The van der Waals surface area contributed by atoms with Gasteiger partial charge in [0.2, 0.25) is 0 Å². The van der Waals surface area contributed by atoms with Crippen molar-refractivity contribution in [1.82, 2.24) is 14.8 Å². The zero-order chi connectivity index (χ0) is 21.1. The number of aromatic amines is 1. The molecule has 29 heavy (non-hydrogen) atoms. The number of halogens is 1. The van der Waals surface area contributed by atoms with E-state index in [-0.39, 0.29) is 18.2 Å². The average molecular weight is 418 g/mol. The molecule has 2 aromatic rings. The number of hydrogen-bond acceptors (Lipinski definition) is 5. The number of carbonyl (C=O) groups is 3. The third-order valence-corrected chi connectivity index (χ3v) is 5.44. The highest BCUT2D eigenvalue weighted by Crippen LogP contribution is 2.20. The number of aromatic nitrogens is 1. The van der Waals surface area contributed by atoms with Crippen molar-refractivity contribution in [3.05, 3.63) is 57.4 Å². The van der Waals surface area contributed by atoms with Crippen LogP contribution in [0.4, 0.5) is 0 Å². The van der Waals surface area contributed by atoms with Gasteiger partial charge in [-0.1, -0.05) is 17.7 Å². The monoisotopic (exact) mass is 417 g/mol. The van der Waals surface area contributed by atoms with E-state index in [2.05, 4.69) is 4.98 Å². The molecule has 0 spiro atoms. The van der Waals surface area contributed by atoms with Crippen LogP contribution in [0.2, 0.25) is 5.02 Å². The topological polar surface area (TPSA) is 82.7 Å². The Kier molecular flexibility index (Phi) is 6.39. The van der Waals surface area contributed by atoms with Crippen molar-refractivity contribution in [2.45, 2.75) is 13.8 Å². The number of ether oxygens (including phenoxy) is 1. The molecule has 1 fully saturated rings. The van der Waals surface area contributed by atoms with Crippen LogP contribution in [-0.2, 0) is 4.74 Å². The number of hydrogen-bond donors (Lipinski definition) is 1. The normalized spacial score (nSPS) is 14.7. The van der Waals surface area contributed by atoms with Crippen molar-refractivity contribution in [3.63, 3.8) is 0 Å². The van der Waals surface area contributed by atoms with Gasteiger partial charge in [-0.3, -0.25) is 14.5 Å².